The highest BCUT2D eigenvalue weighted by Crippen LogP contribution is 2.14. The third kappa shape index (κ3) is 4.60. The van der Waals surface area contributed by atoms with Crippen LogP contribution in [0, 0.1) is 12.7 Å². The monoisotopic (exact) mass is 336 g/mol. The minimum atomic E-state index is -0.364. The van der Waals surface area contributed by atoms with Gasteiger partial charge in [-0.25, -0.2) is 14.4 Å². The average molecular weight is 336 g/mol. The number of hydrogen-bond acceptors (Lipinski definition) is 4. The Hall–Kier alpha value is -3.28. The molecule has 0 aliphatic heterocycles. The maximum atomic E-state index is 13.2. The quantitative estimate of drug-likeness (QED) is 0.747. The number of halogens is 1. The fraction of sp³-hybridized carbons (Fsp3) is 0.105. The molecule has 25 heavy (non-hydrogen) atoms. The highest BCUT2D eigenvalue weighted by atomic mass is 19.1. The summed E-state index contributed by atoms with van der Waals surface area (Å²) in [6.45, 7) is 2.42. The molecule has 0 aliphatic rings. The van der Waals surface area contributed by atoms with Crippen LogP contribution in [0.1, 0.15) is 21.6 Å². The highest BCUT2D eigenvalue weighted by molar-refractivity contribution is 5.92. The van der Waals surface area contributed by atoms with Gasteiger partial charge in [0.1, 0.15) is 11.5 Å². The third-order valence-electron chi connectivity index (χ3n) is 3.54. The minimum absolute atomic E-state index is 0.230. The van der Waals surface area contributed by atoms with Gasteiger partial charge in [-0.05, 0) is 36.8 Å². The van der Waals surface area contributed by atoms with Gasteiger partial charge in [0.05, 0.1) is 0 Å². The molecular formula is C19H17FN4O. The van der Waals surface area contributed by atoms with Gasteiger partial charge >= 0.3 is 0 Å². The molecule has 2 N–H and O–H groups in total. The van der Waals surface area contributed by atoms with E-state index in [0.717, 1.165) is 5.56 Å². The summed E-state index contributed by atoms with van der Waals surface area (Å²) in [6.07, 6.45) is 1.48. The van der Waals surface area contributed by atoms with Gasteiger partial charge in [-0.15, -0.1) is 0 Å². The van der Waals surface area contributed by atoms with Gasteiger partial charge in [0.25, 0.3) is 5.91 Å². The van der Waals surface area contributed by atoms with Crippen LogP contribution >= 0.6 is 0 Å². The highest BCUT2D eigenvalue weighted by Gasteiger charge is 2.09. The van der Waals surface area contributed by atoms with Crippen LogP contribution in [0.2, 0.25) is 0 Å². The van der Waals surface area contributed by atoms with E-state index >= 15 is 0 Å². The zero-order chi connectivity index (χ0) is 17.6. The Morgan fingerprint density at radius 1 is 1.12 bits per heavy atom. The van der Waals surface area contributed by atoms with Gasteiger partial charge in [0.2, 0.25) is 5.95 Å². The van der Waals surface area contributed by atoms with Crippen LogP contribution in [-0.4, -0.2) is 15.9 Å². The Morgan fingerprint density at radius 3 is 2.68 bits per heavy atom. The first-order valence-corrected chi connectivity index (χ1v) is 7.79. The number of amides is 1. The lowest BCUT2D eigenvalue weighted by Crippen LogP contribution is -2.24. The van der Waals surface area contributed by atoms with Crippen molar-refractivity contribution in [3.63, 3.8) is 0 Å². The number of nitrogens with zero attached hydrogens (tertiary/aromatic N) is 2. The lowest BCUT2D eigenvalue weighted by molar-refractivity contribution is 0.0946. The fourth-order valence-electron chi connectivity index (χ4n) is 2.22. The van der Waals surface area contributed by atoms with Gasteiger partial charge < -0.3 is 10.6 Å². The van der Waals surface area contributed by atoms with Crippen LogP contribution in [0.4, 0.5) is 16.0 Å². The summed E-state index contributed by atoms with van der Waals surface area (Å²) in [5.74, 6) is -0.434. The molecule has 0 saturated carbocycles. The van der Waals surface area contributed by atoms with Crippen molar-refractivity contribution in [3.05, 3.63) is 83.4 Å². The van der Waals surface area contributed by atoms with Crippen LogP contribution in [0.15, 0.2) is 60.8 Å². The number of rotatable bonds is 5. The molecule has 5 nitrogen and oxygen atoms in total. The van der Waals surface area contributed by atoms with Gasteiger partial charge in [-0.1, -0.05) is 35.9 Å². The molecule has 2 aromatic carbocycles. The zero-order valence-electron chi connectivity index (χ0n) is 13.7. The normalized spacial score (nSPS) is 10.3. The van der Waals surface area contributed by atoms with Crippen molar-refractivity contribution < 1.29 is 9.18 Å². The van der Waals surface area contributed by atoms with Crippen LogP contribution in [-0.2, 0) is 6.54 Å². The minimum Gasteiger partial charge on any atom is -0.347 e. The standard InChI is InChI=1S/C19H17FN4O/c1-13-5-7-14(8-6-13)12-22-18(25)17-9-10-21-19(24-17)23-16-4-2-3-15(20)11-16/h2-11H,12H2,1H3,(H,22,25)(H,21,23,24). The molecule has 6 heteroatoms. The summed E-state index contributed by atoms with van der Waals surface area (Å²) in [4.78, 5) is 20.5. The summed E-state index contributed by atoms with van der Waals surface area (Å²) in [5.41, 5.74) is 2.92. The van der Waals surface area contributed by atoms with E-state index in [2.05, 4.69) is 20.6 Å². The molecule has 0 aliphatic carbocycles. The van der Waals surface area contributed by atoms with Crippen molar-refractivity contribution in [1.29, 1.82) is 0 Å². The molecule has 1 amide bonds. The van der Waals surface area contributed by atoms with E-state index in [1.807, 2.05) is 31.2 Å². The van der Waals surface area contributed by atoms with E-state index in [-0.39, 0.29) is 23.4 Å². The molecule has 0 spiro atoms. The van der Waals surface area contributed by atoms with Gasteiger partial charge in [0.15, 0.2) is 0 Å². The second-order valence-electron chi connectivity index (χ2n) is 5.57. The molecule has 1 aromatic heterocycles. The Bertz CT molecular complexity index is 881. The van der Waals surface area contributed by atoms with Gasteiger partial charge in [0, 0.05) is 18.4 Å². The predicted octanol–water partition coefficient (Wildman–Crippen LogP) is 3.60. The Labute approximate surface area is 145 Å². The largest absolute Gasteiger partial charge is 0.347 e. The molecule has 0 atom stereocenters. The van der Waals surface area contributed by atoms with E-state index in [0.29, 0.717) is 12.2 Å². The molecule has 0 unspecified atom stereocenters. The van der Waals surface area contributed by atoms with Crippen molar-refractivity contribution >= 4 is 17.5 Å². The van der Waals surface area contributed by atoms with E-state index in [1.54, 1.807) is 12.1 Å². The number of carbonyl (C=O) groups excluding carboxylic acids is 1. The maximum Gasteiger partial charge on any atom is 0.270 e. The first-order valence-electron chi connectivity index (χ1n) is 7.79. The maximum absolute atomic E-state index is 13.2. The van der Waals surface area contributed by atoms with Crippen LogP contribution in [0.5, 0.6) is 0 Å². The van der Waals surface area contributed by atoms with Crippen LogP contribution in [0.3, 0.4) is 0 Å². The summed E-state index contributed by atoms with van der Waals surface area (Å²) >= 11 is 0. The lowest BCUT2D eigenvalue weighted by atomic mass is 10.1. The van der Waals surface area contributed by atoms with Gasteiger partial charge in [-0.2, -0.15) is 0 Å². The number of hydrogen-bond donors (Lipinski definition) is 2. The smallest absolute Gasteiger partial charge is 0.270 e. The SMILES string of the molecule is Cc1ccc(CNC(=O)c2ccnc(Nc3cccc(F)c3)n2)cc1. The summed E-state index contributed by atoms with van der Waals surface area (Å²) in [7, 11) is 0. The van der Waals surface area contributed by atoms with E-state index in [1.165, 1.54) is 30.0 Å². The van der Waals surface area contributed by atoms with E-state index < -0.39 is 0 Å². The molecule has 0 radical (unpaired) electrons. The number of aromatic nitrogens is 2. The molecular weight excluding hydrogens is 319 g/mol. The fourth-order valence-corrected chi connectivity index (χ4v) is 2.22. The second kappa shape index (κ2) is 7.53. The lowest BCUT2D eigenvalue weighted by Gasteiger charge is -2.08. The number of carbonyl (C=O) groups is 1. The molecule has 126 valence electrons. The van der Waals surface area contributed by atoms with Crippen molar-refractivity contribution in [1.82, 2.24) is 15.3 Å². The molecule has 0 bridgehead atoms. The predicted molar refractivity (Wildman–Crippen MR) is 94.1 cm³/mol. The first kappa shape index (κ1) is 16.6. The Kier molecular flexibility index (Phi) is 4.99. The molecule has 3 rings (SSSR count). The Morgan fingerprint density at radius 2 is 1.92 bits per heavy atom. The first-order chi connectivity index (χ1) is 12.1. The van der Waals surface area contributed by atoms with Crippen molar-refractivity contribution in [2.75, 3.05) is 5.32 Å². The van der Waals surface area contributed by atoms with Crippen LogP contribution in [0.25, 0.3) is 0 Å². The molecule has 1 heterocycles. The molecule has 0 saturated heterocycles. The number of anilines is 2. The molecule has 0 fully saturated rings. The second-order valence-corrected chi connectivity index (χ2v) is 5.57. The van der Waals surface area contributed by atoms with Crippen molar-refractivity contribution in [2.45, 2.75) is 13.5 Å². The summed E-state index contributed by atoms with van der Waals surface area (Å²) < 4.78 is 13.2. The van der Waals surface area contributed by atoms with Crippen LogP contribution < -0.4 is 10.6 Å². The molecule has 3 aromatic rings. The average Bonchev–Trinajstić information content (AvgIpc) is 2.61. The summed E-state index contributed by atoms with van der Waals surface area (Å²) in [6, 6.07) is 15.4. The Balaban J connectivity index is 1.65. The van der Waals surface area contributed by atoms with Gasteiger partial charge in [-0.3, -0.25) is 4.79 Å². The number of aryl methyl sites for hydroxylation is 1. The zero-order valence-corrected chi connectivity index (χ0v) is 13.7. The van der Waals surface area contributed by atoms with Crippen molar-refractivity contribution in [3.8, 4) is 0 Å². The van der Waals surface area contributed by atoms with Crippen molar-refractivity contribution in [2.24, 2.45) is 0 Å². The third-order valence-corrected chi connectivity index (χ3v) is 3.54. The topological polar surface area (TPSA) is 66.9 Å². The van der Waals surface area contributed by atoms with E-state index in [4.69, 9.17) is 0 Å². The summed E-state index contributed by atoms with van der Waals surface area (Å²) in [5, 5.41) is 5.70. The van der Waals surface area contributed by atoms with E-state index in [9.17, 15) is 9.18 Å². The number of benzene rings is 2. The number of nitrogens with one attached hydrogen (secondary N) is 2.